The second kappa shape index (κ2) is 8.06. The largest absolute Gasteiger partial charge is 0.383 e. The Balaban J connectivity index is 2.41. The first kappa shape index (κ1) is 18.3. The van der Waals surface area contributed by atoms with Gasteiger partial charge < -0.3 is 20.9 Å². The minimum Gasteiger partial charge on any atom is -0.383 e. The van der Waals surface area contributed by atoms with Gasteiger partial charge in [0.25, 0.3) is 5.91 Å². The summed E-state index contributed by atoms with van der Waals surface area (Å²) < 4.78 is 4.87. The summed E-state index contributed by atoms with van der Waals surface area (Å²) in [6.45, 7) is 2.51. The van der Waals surface area contributed by atoms with E-state index in [1.807, 2.05) is 0 Å². The van der Waals surface area contributed by atoms with E-state index in [-0.39, 0.29) is 25.6 Å². The number of urea groups is 1. The fourth-order valence-electron chi connectivity index (χ4n) is 2.38. The zero-order valence-electron chi connectivity index (χ0n) is 12.9. The standard InChI is InChI=1S/C13H24N4O5/c1-9(7-22-2)15-12(20)16-10(18)6-17-5-3-4-13(21,8-17)11(14)19/h9,21H,3-8H2,1-2H3,(H2,14,19)(H2,15,16,18,20). The Bertz CT molecular complexity index is 431. The Morgan fingerprint density at radius 3 is 2.73 bits per heavy atom. The first-order valence-corrected chi connectivity index (χ1v) is 7.11. The Morgan fingerprint density at radius 2 is 2.14 bits per heavy atom. The Labute approximate surface area is 129 Å². The minimum atomic E-state index is -1.62. The number of carbonyl (C=O) groups excluding carboxylic acids is 3. The van der Waals surface area contributed by atoms with Gasteiger partial charge in [0.1, 0.15) is 0 Å². The molecule has 0 bridgehead atoms. The van der Waals surface area contributed by atoms with Crippen LogP contribution in [0.15, 0.2) is 0 Å². The average Bonchev–Trinajstić information content (AvgIpc) is 2.38. The zero-order valence-corrected chi connectivity index (χ0v) is 12.9. The number of likely N-dealkylation sites (tertiary alicyclic amines) is 1. The number of methoxy groups -OCH3 is 1. The lowest BCUT2D eigenvalue weighted by Crippen LogP contribution is -2.57. The quantitative estimate of drug-likeness (QED) is 0.455. The number of rotatable bonds is 6. The molecule has 4 amide bonds. The van der Waals surface area contributed by atoms with Crippen molar-refractivity contribution in [1.82, 2.24) is 15.5 Å². The van der Waals surface area contributed by atoms with E-state index in [4.69, 9.17) is 10.5 Å². The van der Waals surface area contributed by atoms with Crippen molar-refractivity contribution in [2.45, 2.75) is 31.4 Å². The molecular weight excluding hydrogens is 292 g/mol. The van der Waals surface area contributed by atoms with Crippen LogP contribution < -0.4 is 16.4 Å². The van der Waals surface area contributed by atoms with E-state index >= 15 is 0 Å². The Hall–Kier alpha value is -1.71. The molecule has 2 unspecified atom stereocenters. The lowest BCUT2D eigenvalue weighted by Gasteiger charge is -2.36. The van der Waals surface area contributed by atoms with Gasteiger partial charge in [0, 0.05) is 13.7 Å². The van der Waals surface area contributed by atoms with Gasteiger partial charge in [-0.15, -0.1) is 0 Å². The van der Waals surface area contributed by atoms with Crippen LogP contribution in [0.5, 0.6) is 0 Å². The zero-order chi connectivity index (χ0) is 16.8. The summed E-state index contributed by atoms with van der Waals surface area (Å²) in [4.78, 5) is 36.2. The molecule has 9 heteroatoms. The van der Waals surface area contributed by atoms with Crippen molar-refractivity contribution in [2.75, 3.05) is 33.4 Å². The Morgan fingerprint density at radius 1 is 1.45 bits per heavy atom. The monoisotopic (exact) mass is 316 g/mol. The van der Waals surface area contributed by atoms with Crippen molar-refractivity contribution in [2.24, 2.45) is 5.73 Å². The molecular formula is C13H24N4O5. The van der Waals surface area contributed by atoms with Gasteiger partial charge in [-0.3, -0.25) is 19.8 Å². The molecule has 1 aliphatic heterocycles. The number of nitrogens with two attached hydrogens (primary N) is 1. The highest BCUT2D eigenvalue weighted by atomic mass is 16.5. The molecule has 0 aromatic carbocycles. The van der Waals surface area contributed by atoms with Crippen molar-refractivity contribution in [3.05, 3.63) is 0 Å². The summed E-state index contributed by atoms with van der Waals surface area (Å²) in [6.07, 6.45) is 0.819. The summed E-state index contributed by atoms with van der Waals surface area (Å²) in [5.74, 6) is -1.32. The van der Waals surface area contributed by atoms with E-state index in [0.29, 0.717) is 19.6 Å². The van der Waals surface area contributed by atoms with Crippen molar-refractivity contribution >= 4 is 17.8 Å². The summed E-state index contributed by atoms with van der Waals surface area (Å²) in [6, 6.07) is -0.843. The van der Waals surface area contributed by atoms with Crippen LogP contribution >= 0.6 is 0 Å². The minimum absolute atomic E-state index is 0.0164. The number of piperidine rings is 1. The molecule has 1 heterocycles. The van der Waals surface area contributed by atoms with E-state index in [1.54, 1.807) is 11.8 Å². The molecule has 22 heavy (non-hydrogen) atoms. The molecule has 5 N–H and O–H groups in total. The molecule has 1 rings (SSSR count). The third-order valence-electron chi connectivity index (χ3n) is 3.42. The molecule has 9 nitrogen and oxygen atoms in total. The molecule has 0 aromatic rings. The number of hydrogen-bond donors (Lipinski definition) is 4. The summed E-state index contributed by atoms with van der Waals surface area (Å²) in [5.41, 5.74) is 3.55. The van der Waals surface area contributed by atoms with Gasteiger partial charge >= 0.3 is 6.03 Å². The molecule has 0 saturated carbocycles. The van der Waals surface area contributed by atoms with E-state index in [9.17, 15) is 19.5 Å². The van der Waals surface area contributed by atoms with Crippen molar-refractivity contribution in [3.8, 4) is 0 Å². The van der Waals surface area contributed by atoms with Gasteiger partial charge in [0.2, 0.25) is 5.91 Å². The van der Waals surface area contributed by atoms with E-state index in [2.05, 4.69) is 10.6 Å². The molecule has 1 fully saturated rings. The number of aliphatic hydroxyl groups is 1. The second-order valence-electron chi connectivity index (χ2n) is 5.59. The number of ether oxygens (including phenoxy) is 1. The third-order valence-corrected chi connectivity index (χ3v) is 3.42. The highest BCUT2D eigenvalue weighted by Gasteiger charge is 2.39. The first-order valence-electron chi connectivity index (χ1n) is 7.11. The molecule has 0 aliphatic carbocycles. The molecule has 2 atom stereocenters. The predicted octanol–water partition coefficient (Wildman–Crippen LogP) is -1.84. The normalized spacial score (nSPS) is 23.6. The van der Waals surface area contributed by atoms with Crippen molar-refractivity contribution in [1.29, 1.82) is 0 Å². The molecule has 1 saturated heterocycles. The molecule has 0 radical (unpaired) electrons. The number of β-amino-alcohol motifs (C(OH)–C–C–N with tert-alkyl or cyclic N) is 1. The van der Waals surface area contributed by atoms with Crippen LogP contribution in [-0.4, -0.2) is 72.8 Å². The highest BCUT2D eigenvalue weighted by molar-refractivity contribution is 5.95. The average molecular weight is 316 g/mol. The maximum absolute atomic E-state index is 11.8. The van der Waals surface area contributed by atoms with Crippen molar-refractivity contribution in [3.63, 3.8) is 0 Å². The van der Waals surface area contributed by atoms with Crippen LogP contribution in [0.1, 0.15) is 19.8 Å². The third kappa shape index (κ3) is 5.58. The van der Waals surface area contributed by atoms with Crippen LogP contribution in [0.4, 0.5) is 4.79 Å². The van der Waals surface area contributed by atoms with Gasteiger partial charge in [-0.2, -0.15) is 0 Å². The SMILES string of the molecule is COCC(C)NC(=O)NC(=O)CN1CCCC(O)(C(N)=O)C1. The number of carbonyl (C=O) groups is 3. The van der Waals surface area contributed by atoms with Crippen LogP contribution in [-0.2, 0) is 14.3 Å². The number of imide groups is 1. The fraction of sp³-hybridized carbons (Fsp3) is 0.769. The van der Waals surface area contributed by atoms with Crippen LogP contribution in [0.2, 0.25) is 0 Å². The molecule has 0 spiro atoms. The van der Waals surface area contributed by atoms with E-state index in [1.165, 1.54) is 7.11 Å². The first-order chi connectivity index (χ1) is 10.3. The van der Waals surface area contributed by atoms with Gasteiger partial charge in [-0.1, -0.05) is 0 Å². The Kier molecular flexibility index (Phi) is 6.72. The van der Waals surface area contributed by atoms with Gasteiger partial charge in [0.15, 0.2) is 5.60 Å². The summed E-state index contributed by atoms with van der Waals surface area (Å²) in [5, 5.41) is 14.8. The number of primary amides is 1. The summed E-state index contributed by atoms with van der Waals surface area (Å²) >= 11 is 0. The van der Waals surface area contributed by atoms with E-state index < -0.39 is 23.4 Å². The molecule has 0 aromatic heterocycles. The van der Waals surface area contributed by atoms with Crippen LogP contribution in [0.25, 0.3) is 0 Å². The van der Waals surface area contributed by atoms with Gasteiger partial charge in [-0.25, -0.2) is 4.79 Å². The lowest BCUT2D eigenvalue weighted by atomic mass is 9.92. The van der Waals surface area contributed by atoms with E-state index in [0.717, 1.165) is 0 Å². The fourth-order valence-corrected chi connectivity index (χ4v) is 2.38. The smallest absolute Gasteiger partial charge is 0.321 e. The number of nitrogens with one attached hydrogen (secondary N) is 2. The molecule has 126 valence electrons. The topological polar surface area (TPSA) is 134 Å². The van der Waals surface area contributed by atoms with Gasteiger partial charge in [-0.05, 0) is 26.3 Å². The van der Waals surface area contributed by atoms with Crippen LogP contribution in [0.3, 0.4) is 0 Å². The molecule has 1 aliphatic rings. The second-order valence-corrected chi connectivity index (χ2v) is 5.59. The van der Waals surface area contributed by atoms with Crippen molar-refractivity contribution < 1.29 is 24.2 Å². The maximum Gasteiger partial charge on any atom is 0.321 e. The number of amides is 4. The maximum atomic E-state index is 11.8. The predicted molar refractivity (Wildman–Crippen MR) is 77.8 cm³/mol. The van der Waals surface area contributed by atoms with Gasteiger partial charge in [0.05, 0.1) is 19.2 Å². The number of hydrogen-bond acceptors (Lipinski definition) is 6. The highest BCUT2D eigenvalue weighted by Crippen LogP contribution is 2.20. The van der Waals surface area contributed by atoms with Crippen LogP contribution in [0, 0.1) is 0 Å². The lowest BCUT2D eigenvalue weighted by molar-refractivity contribution is -0.143. The summed E-state index contributed by atoms with van der Waals surface area (Å²) in [7, 11) is 1.51. The number of nitrogens with zero attached hydrogens (tertiary/aromatic N) is 1.